The van der Waals surface area contributed by atoms with Crippen LogP contribution in [-0.2, 0) is 16.1 Å². The van der Waals surface area contributed by atoms with Crippen molar-refractivity contribution in [3.8, 4) is 11.5 Å². The lowest BCUT2D eigenvalue weighted by molar-refractivity contribution is -0.136. The molecule has 0 saturated carbocycles. The van der Waals surface area contributed by atoms with Gasteiger partial charge in [-0.15, -0.1) is 0 Å². The number of carbonyl (C=O) groups excluding carboxylic acids is 1. The molecular formula is C31H27IN2O5S. The van der Waals surface area contributed by atoms with E-state index in [9.17, 15) is 9.59 Å². The number of hydrogen-bond acceptors (Lipinski definition) is 7. The Morgan fingerprint density at radius 2 is 1.77 bits per heavy atom. The molecule has 1 aromatic heterocycles. The van der Waals surface area contributed by atoms with Crippen molar-refractivity contribution in [1.82, 2.24) is 4.57 Å². The number of methoxy groups -OCH3 is 2. The third kappa shape index (κ3) is 5.48. The third-order valence-electron chi connectivity index (χ3n) is 6.54. The van der Waals surface area contributed by atoms with Crippen LogP contribution in [0.2, 0.25) is 0 Å². The van der Waals surface area contributed by atoms with E-state index in [2.05, 4.69) is 22.6 Å². The van der Waals surface area contributed by atoms with Crippen LogP contribution in [0.1, 0.15) is 36.1 Å². The highest BCUT2D eigenvalue weighted by atomic mass is 127. The summed E-state index contributed by atoms with van der Waals surface area (Å²) < 4.78 is 19.8. The summed E-state index contributed by atoms with van der Waals surface area (Å²) in [7, 11) is 2.94. The van der Waals surface area contributed by atoms with E-state index in [1.54, 1.807) is 11.7 Å². The molecule has 0 spiro atoms. The Morgan fingerprint density at radius 3 is 2.42 bits per heavy atom. The maximum atomic E-state index is 13.9. The Bertz CT molecular complexity index is 1760. The summed E-state index contributed by atoms with van der Waals surface area (Å²) in [6.45, 7) is 2.35. The van der Waals surface area contributed by atoms with Crippen LogP contribution in [0.4, 0.5) is 0 Å². The SMILES string of the molecule is CCC1=C(C(=O)OC)[C@@H](c2ccccc2)n2c(s/c(=C\c3cc(I)c(OCc4ccccc4)c(OC)c3)c2=O)=N1. The predicted octanol–water partition coefficient (Wildman–Crippen LogP) is 4.99. The molecule has 204 valence electrons. The molecule has 1 aliphatic rings. The van der Waals surface area contributed by atoms with E-state index in [0.29, 0.717) is 45.1 Å². The molecule has 0 saturated heterocycles. The van der Waals surface area contributed by atoms with Gasteiger partial charge in [-0.3, -0.25) is 9.36 Å². The van der Waals surface area contributed by atoms with Gasteiger partial charge in [0, 0.05) is 0 Å². The molecule has 1 aliphatic heterocycles. The number of esters is 1. The van der Waals surface area contributed by atoms with Crippen LogP contribution in [0.25, 0.3) is 6.08 Å². The number of nitrogens with zero attached hydrogens (tertiary/aromatic N) is 2. The molecule has 5 rings (SSSR count). The second-order valence-corrected chi connectivity index (χ2v) is 11.2. The van der Waals surface area contributed by atoms with Crippen molar-refractivity contribution >= 4 is 46.0 Å². The molecule has 0 aliphatic carbocycles. The van der Waals surface area contributed by atoms with Gasteiger partial charge < -0.3 is 14.2 Å². The number of fused-ring (bicyclic) bond motifs is 1. The fourth-order valence-corrected chi connectivity index (χ4v) is 6.46. The standard InChI is InChI=1S/C31H27IN2O5S/c1-4-23-26(30(36)38-3)27(21-13-9-6-10-14-21)34-29(35)25(40-31(34)33-23)17-20-15-22(32)28(24(16-20)37-2)39-18-19-11-7-5-8-12-19/h5-17,27H,4,18H2,1-3H3/b25-17-/t27-/m1/s1. The number of aromatic nitrogens is 1. The summed E-state index contributed by atoms with van der Waals surface area (Å²) in [5.41, 5.74) is 3.42. The molecule has 7 nitrogen and oxygen atoms in total. The van der Waals surface area contributed by atoms with Gasteiger partial charge >= 0.3 is 5.97 Å². The van der Waals surface area contributed by atoms with Gasteiger partial charge in [-0.2, -0.15) is 0 Å². The van der Waals surface area contributed by atoms with E-state index in [1.165, 1.54) is 18.4 Å². The summed E-state index contributed by atoms with van der Waals surface area (Å²) in [5, 5.41) is 0. The summed E-state index contributed by atoms with van der Waals surface area (Å²) in [4.78, 5) is 32.1. The minimum atomic E-state index is -0.634. The number of rotatable bonds is 8. The fourth-order valence-electron chi connectivity index (χ4n) is 4.66. The second-order valence-electron chi connectivity index (χ2n) is 9.01. The predicted molar refractivity (Wildman–Crippen MR) is 163 cm³/mol. The van der Waals surface area contributed by atoms with Crippen LogP contribution < -0.4 is 24.4 Å². The Kier molecular flexibility index (Phi) is 8.51. The normalized spacial score (nSPS) is 14.9. The molecule has 40 heavy (non-hydrogen) atoms. The average molecular weight is 667 g/mol. The molecule has 2 heterocycles. The minimum Gasteiger partial charge on any atom is -0.493 e. The molecule has 3 aromatic carbocycles. The molecule has 0 amide bonds. The Morgan fingerprint density at radius 1 is 1.07 bits per heavy atom. The van der Waals surface area contributed by atoms with Crippen molar-refractivity contribution < 1.29 is 19.0 Å². The lowest BCUT2D eigenvalue weighted by atomic mass is 9.95. The zero-order valence-corrected chi connectivity index (χ0v) is 25.2. The Labute approximate surface area is 249 Å². The topological polar surface area (TPSA) is 79.1 Å². The van der Waals surface area contributed by atoms with Crippen molar-refractivity contribution in [2.45, 2.75) is 26.0 Å². The first-order chi connectivity index (χ1) is 19.4. The van der Waals surface area contributed by atoms with Crippen LogP contribution >= 0.6 is 33.9 Å². The smallest absolute Gasteiger partial charge is 0.338 e. The molecule has 0 fully saturated rings. The lowest BCUT2D eigenvalue weighted by Crippen LogP contribution is -2.40. The molecule has 0 N–H and O–H groups in total. The highest BCUT2D eigenvalue weighted by molar-refractivity contribution is 14.1. The van der Waals surface area contributed by atoms with Gasteiger partial charge in [-0.25, -0.2) is 9.79 Å². The molecule has 1 atom stereocenters. The Balaban J connectivity index is 1.60. The zero-order chi connectivity index (χ0) is 28.2. The first-order valence-corrected chi connectivity index (χ1v) is 14.6. The number of ether oxygens (including phenoxy) is 3. The van der Waals surface area contributed by atoms with E-state index in [0.717, 1.165) is 20.3 Å². The van der Waals surface area contributed by atoms with Crippen LogP contribution in [0.15, 0.2) is 93.9 Å². The number of allylic oxidation sites excluding steroid dienone is 1. The highest BCUT2D eigenvalue weighted by Crippen LogP contribution is 2.35. The lowest BCUT2D eigenvalue weighted by Gasteiger charge is -2.25. The maximum Gasteiger partial charge on any atom is 0.338 e. The maximum absolute atomic E-state index is 13.9. The van der Waals surface area contributed by atoms with Crippen molar-refractivity contribution in [3.05, 3.63) is 124 Å². The monoisotopic (exact) mass is 666 g/mol. The van der Waals surface area contributed by atoms with Gasteiger partial charge in [-0.05, 0) is 63.9 Å². The number of thiazole rings is 1. The number of halogens is 1. The van der Waals surface area contributed by atoms with E-state index < -0.39 is 12.0 Å². The summed E-state index contributed by atoms with van der Waals surface area (Å²) in [5.74, 6) is 0.726. The van der Waals surface area contributed by atoms with Gasteiger partial charge in [0.1, 0.15) is 6.61 Å². The molecule has 9 heteroatoms. The first kappa shape index (κ1) is 27.9. The molecule has 0 unspecified atom stereocenters. The number of benzene rings is 3. The number of carbonyl (C=O) groups is 1. The van der Waals surface area contributed by atoms with E-state index in [4.69, 9.17) is 19.2 Å². The van der Waals surface area contributed by atoms with Crippen molar-refractivity contribution in [2.24, 2.45) is 4.99 Å². The molecule has 4 aromatic rings. The quantitative estimate of drug-likeness (QED) is 0.196. The van der Waals surface area contributed by atoms with Crippen molar-refractivity contribution in [2.75, 3.05) is 14.2 Å². The largest absolute Gasteiger partial charge is 0.493 e. The first-order valence-electron chi connectivity index (χ1n) is 12.7. The minimum absolute atomic E-state index is 0.229. The highest BCUT2D eigenvalue weighted by Gasteiger charge is 2.33. The van der Waals surface area contributed by atoms with Gasteiger partial charge in [0.05, 0.1) is 39.6 Å². The summed E-state index contributed by atoms with van der Waals surface area (Å²) >= 11 is 3.51. The van der Waals surface area contributed by atoms with Gasteiger partial charge in [-0.1, -0.05) is 78.9 Å². The molecule has 0 radical (unpaired) electrons. The van der Waals surface area contributed by atoms with Crippen LogP contribution in [0.5, 0.6) is 11.5 Å². The van der Waals surface area contributed by atoms with Crippen molar-refractivity contribution in [3.63, 3.8) is 0 Å². The molecule has 0 bridgehead atoms. The van der Waals surface area contributed by atoms with Gasteiger partial charge in [0.15, 0.2) is 16.3 Å². The molecular weight excluding hydrogens is 639 g/mol. The van der Waals surface area contributed by atoms with Gasteiger partial charge in [0.25, 0.3) is 5.56 Å². The third-order valence-corrected chi connectivity index (χ3v) is 8.33. The van der Waals surface area contributed by atoms with E-state index in [1.807, 2.05) is 85.8 Å². The second kappa shape index (κ2) is 12.2. The summed E-state index contributed by atoms with van der Waals surface area (Å²) in [6, 6.07) is 22.6. The number of hydrogen-bond donors (Lipinski definition) is 0. The fraction of sp³-hybridized carbons (Fsp3) is 0.194. The van der Waals surface area contributed by atoms with Crippen LogP contribution in [-0.4, -0.2) is 24.8 Å². The van der Waals surface area contributed by atoms with E-state index >= 15 is 0 Å². The zero-order valence-electron chi connectivity index (χ0n) is 22.2. The average Bonchev–Trinajstić information content (AvgIpc) is 3.29. The van der Waals surface area contributed by atoms with Crippen LogP contribution in [0, 0.1) is 3.57 Å². The van der Waals surface area contributed by atoms with Gasteiger partial charge in [0.2, 0.25) is 0 Å². The Hall–Kier alpha value is -3.70. The van der Waals surface area contributed by atoms with E-state index in [-0.39, 0.29) is 5.56 Å². The summed E-state index contributed by atoms with van der Waals surface area (Å²) in [6.07, 6.45) is 2.35. The van der Waals surface area contributed by atoms with Crippen molar-refractivity contribution in [1.29, 1.82) is 0 Å². The van der Waals surface area contributed by atoms with Crippen LogP contribution in [0.3, 0.4) is 0 Å².